The van der Waals surface area contributed by atoms with Gasteiger partial charge in [-0.3, -0.25) is 0 Å². The second-order valence-corrected chi connectivity index (χ2v) is 8.14. The summed E-state index contributed by atoms with van der Waals surface area (Å²) in [7, 11) is 0. The van der Waals surface area contributed by atoms with Crippen molar-refractivity contribution in [2.24, 2.45) is 10.5 Å². The van der Waals surface area contributed by atoms with Crippen molar-refractivity contribution < 1.29 is 20.1 Å². The maximum Gasteiger partial charge on any atom is 0.0879 e. The number of azide groups is 1. The van der Waals surface area contributed by atoms with Gasteiger partial charge in [-0.25, -0.2) is 0 Å². The highest BCUT2D eigenvalue weighted by Gasteiger charge is 2.54. The first-order valence-corrected chi connectivity index (χ1v) is 11.4. The smallest absolute Gasteiger partial charge is 0.0879 e. The van der Waals surface area contributed by atoms with E-state index in [4.69, 9.17) is 10.3 Å². The minimum atomic E-state index is -1.23. The lowest BCUT2D eigenvalue weighted by atomic mass is 9.64. The Labute approximate surface area is 188 Å². The van der Waals surface area contributed by atoms with E-state index in [1.165, 1.54) is 0 Å². The van der Waals surface area contributed by atoms with Crippen molar-refractivity contribution in [1.29, 1.82) is 0 Å². The van der Waals surface area contributed by atoms with Crippen LogP contribution in [0.2, 0.25) is 0 Å². The van der Waals surface area contributed by atoms with Crippen molar-refractivity contribution in [3.05, 3.63) is 48.4 Å². The fourth-order valence-electron chi connectivity index (χ4n) is 4.19. The summed E-state index contributed by atoms with van der Waals surface area (Å²) in [6.45, 7) is 11.3. The molecule has 0 amide bonds. The predicted molar refractivity (Wildman–Crippen MR) is 127 cm³/mol. The van der Waals surface area contributed by atoms with Crippen LogP contribution in [0.4, 0.5) is 0 Å². The highest BCUT2D eigenvalue weighted by molar-refractivity contribution is 5.09. The van der Waals surface area contributed by atoms with Gasteiger partial charge in [-0.2, -0.15) is 0 Å². The van der Waals surface area contributed by atoms with E-state index in [0.717, 1.165) is 51.4 Å². The quantitative estimate of drug-likeness (QED) is 0.0706. The number of nitrogens with zero attached hydrogens (tertiary/aromatic N) is 3. The van der Waals surface area contributed by atoms with E-state index in [2.05, 4.69) is 29.8 Å². The van der Waals surface area contributed by atoms with Crippen molar-refractivity contribution >= 4 is 0 Å². The maximum atomic E-state index is 11.1. The third-order valence-corrected chi connectivity index (χ3v) is 6.08. The van der Waals surface area contributed by atoms with Crippen LogP contribution in [0.5, 0.6) is 0 Å². The van der Waals surface area contributed by atoms with Gasteiger partial charge in [-0.15, -0.1) is 19.7 Å². The van der Waals surface area contributed by atoms with E-state index >= 15 is 0 Å². The van der Waals surface area contributed by atoms with Crippen molar-refractivity contribution in [2.45, 2.75) is 82.3 Å². The number of hydrogen-bond acceptors (Lipinski definition) is 5. The van der Waals surface area contributed by atoms with Crippen LogP contribution in [0.3, 0.4) is 0 Å². The minimum Gasteiger partial charge on any atom is -0.395 e. The van der Waals surface area contributed by atoms with Crippen molar-refractivity contribution in [3.8, 4) is 0 Å². The zero-order valence-electron chi connectivity index (χ0n) is 19.1. The van der Waals surface area contributed by atoms with Gasteiger partial charge in [-0.05, 0) is 31.2 Å². The molecule has 0 saturated heterocycles. The minimum absolute atomic E-state index is 0.235. The Morgan fingerprint density at radius 2 is 1.39 bits per heavy atom. The first kappa shape index (κ1) is 29.4. The van der Waals surface area contributed by atoms with Gasteiger partial charge < -0.3 is 20.1 Å². The lowest BCUT2D eigenvalue weighted by Gasteiger charge is -2.50. The molecule has 0 aliphatic rings. The van der Waals surface area contributed by atoms with Gasteiger partial charge in [0.1, 0.15) is 0 Å². The van der Waals surface area contributed by atoms with Gasteiger partial charge in [0.2, 0.25) is 0 Å². The van der Waals surface area contributed by atoms with Gasteiger partial charge in [0.15, 0.2) is 0 Å². The van der Waals surface area contributed by atoms with Crippen molar-refractivity contribution in [1.82, 2.24) is 0 Å². The first-order valence-electron chi connectivity index (χ1n) is 11.4. The van der Waals surface area contributed by atoms with Gasteiger partial charge in [-0.1, -0.05) is 68.3 Å². The summed E-state index contributed by atoms with van der Waals surface area (Å²) in [4.78, 5) is 2.75. The van der Waals surface area contributed by atoms with Crippen LogP contribution in [0.25, 0.3) is 10.4 Å². The highest BCUT2D eigenvalue weighted by Crippen LogP contribution is 2.45. The molecule has 0 aromatic heterocycles. The number of rotatable bonds is 22. The molecule has 0 heterocycles. The van der Waals surface area contributed by atoms with Crippen molar-refractivity contribution in [2.75, 3.05) is 26.4 Å². The summed E-state index contributed by atoms with van der Waals surface area (Å²) < 4.78 is 6.07. The molecule has 1 unspecified atom stereocenters. The van der Waals surface area contributed by atoms with E-state index in [0.29, 0.717) is 25.8 Å². The Kier molecular flexibility index (Phi) is 17.0. The Morgan fingerprint density at radius 1 is 0.871 bits per heavy atom. The van der Waals surface area contributed by atoms with Gasteiger partial charge in [0.25, 0.3) is 0 Å². The second-order valence-electron chi connectivity index (χ2n) is 8.14. The van der Waals surface area contributed by atoms with E-state index in [9.17, 15) is 15.3 Å². The molecule has 0 radical (unpaired) electrons. The van der Waals surface area contributed by atoms with Gasteiger partial charge in [0.05, 0.1) is 36.9 Å². The number of aliphatic hydroxyl groups excluding tert-OH is 3. The molecule has 0 aromatic carbocycles. The fourth-order valence-corrected chi connectivity index (χ4v) is 4.19. The molecule has 0 bridgehead atoms. The molecule has 0 rings (SSSR count). The molecular formula is C24H43N3O4. The number of hydrogen-bond donors (Lipinski definition) is 3. The average molecular weight is 438 g/mol. The molecule has 7 nitrogen and oxygen atoms in total. The Bertz CT molecular complexity index is 533. The molecule has 1 atom stereocenters. The van der Waals surface area contributed by atoms with E-state index < -0.39 is 30.3 Å². The van der Waals surface area contributed by atoms with Crippen LogP contribution < -0.4 is 0 Å². The first-order chi connectivity index (χ1) is 15.0. The van der Waals surface area contributed by atoms with Crippen LogP contribution in [-0.4, -0.2) is 53.4 Å². The maximum absolute atomic E-state index is 11.1. The number of aliphatic hydroxyl groups is 3. The Morgan fingerprint density at radius 3 is 1.84 bits per heavy atom. The summed E-state index contributed by atoms with van der Waals surface area (Å²) in [5.41, 5.74) is 6.00. The summed E-state index contributed by atoms with van der Waals surface area (Å²) >= 11 is 0. The van der Waals surface area contributed by atoms with Crippen molar-refractivity contribution in [3.63, 3.8) is 0 Å². The molecule has 7 heteroatoms. The molecule has 0 spiro atoms. The molecule has 0 fully saturated rings. The molecule has 178 valence electrons. The molecule has 31 heavy (non-hydrogen) atoms. The third kappa shape index (κ3) is 9.58. The third-order valence-electron chi connectivity index (χ3n) is 6.08. The summed E-state index contributed by atoms with van der Waals surface area (Å²) in [5.74, 6) is 0. The fraction of sp³-hybridized carbons (Fsp3) is 0.750. The van der Waals surface area contributed by atoms with E-state index in [-0.39, 0.29) is 6.61 Å². The average Bonchev–Trinajstić information content (AvgIpc) is 2.77. The monoisotopic (exact) mass is 437 g/mol. The lowest BCUT2D eigenvalue weighted by Crippen LogP contribution is -2.60. The molecule has 0 aliphatic carbocycles. The number of unbranched alkanes of at least 4 members (excludes halogenated alkanes) is 7. The largest absolute Gasteiger partial charge is 0.395 e. The SMILES string of the molecule is C=CCOC(CC=C)(CC=C)C(CO)(CO)C(O)CCCCCCCCCCN=[N+]=[N-]. The standard InChI is InChI=1S/C24H43N3O4/c1-4-16-24(17-5-2,31-19-6-3)23(20-28,21-29)22(30)15-13-11-9-7-8-10-12-14-18-26-27-25/h4-6,22,28-30H,1-3,7-21H2. The zero-order chi connectivity index (χ0) is 23.4. The van der Waals surface area contributed by atoms with Crippen LogP contribution in [0.1, 0.15) is 70.6 Å². The summed E-state index contributed by atoms with van der Waals surface area (Å²) in [5, 5.41) is 35.2. The van der Waals surface area contributed by atoms with Gasteiger partial charge in [0, 0.05) is 11.5 Å². The van der Waals surface area contributed by atoms with E-state index in [1.54, 1.807) is 18.2 Å². The molecule has 3 N–H and O–H groups in total. The Balaban J connectivity index is 4.76. The second kappa shape index (κ2) is 18.0. The molecule has 0 saturated carbocycles. The van der Waals surface area contributed by atoms with Crippen LogP contribution in [0, 0.1) is 5.41 Å². The Hall–Kier alpha value is -1.63. The highest BCUT2D eigenvalue weighted by atomic mass is 16.5. The zero-order valence-corrected chi connectivity index (χ0v) is 19.1. The summed E-state index contributed by atoms with van der Waals surface area (Å²) in [6.07, 6.45) is 13.5. The van der Waals surface area contributed by atoms with Gasteiger partial charge >= 0.3 is 0 Å². The van der Waals surface area contributed by atoms with Crippen LogP contribution in [-0.2, 0) is 4.74 Å². The lowest BCUT2D eigenvalue weighted by molar-refractivity contribution is -0.204. The predicted octanol–water partition coefficient (Wildman–Crippen LogP) is 5.23. The molecular weight excluding hydrogens is 394 g/mol. The topological polar surface area (TPSA) is 119 Å². The van der Waals surface area contributed by atoms with E-state index in [1.807, 2.05) is 0 Å². The van der Waals surface area contributed by atoms with Crippen LogP contribution >= 0.6 is 0 Å². The van der Waals surface area contributed by atoms with Crippen LogP contribution in [0.15, 0.2) is 43.1 Å². The number of ether oxygens (including phenoxy) is 1. The molecule has 0 aromatic rings. The summed E-state index contributed by atoms with van der Waals surface area (Å²) in [6, 6.07) is 0. The molecule has 0 aliphatic heterocycles. The normalized spacial score (nSPS) is 12.7.